The summed E-state index contributed by atoms with van der Waals surface area (Å²) in [5, 5.41) is 14.1. The molecule has 0 aliphatic heterocycles. The summed E-state index contributed by atoms with van der Waals surface area (Å²) < 4.78 is 58.4. The van der Waals surface area contributed by atoms with Gasteiger partial charge in [-0.05, 0) is 43.2 Å². The van der Waals surface area contributed by atoms with Crippen LogP contribution in [0.15, 0.2) is 59.1 Å². The molecule has 1 aliphatic rings. The summed E-state index contributed by atoms with van der Waals surface area (Å²) in [6.07, 6.45) is -3.06. The maximum atomic E-state index is 13.9. The molecule has 1 saturated carbocycles. The number of halogens is 5. The number of carbonyl (C=O) groups is 1. The molecule has 1 N–H and O–H groups in total. The molecule has 0 unspecified atom stereocenters. The predicted molar refractivity (Wildman–Crippen MR) is 135 cm³/mol. The monoisotopic (exact) mass is 578 g/mol. The van der Waals surface area contributed by atoms with Crippen LogP contribution < -0.4 is 9.47 Å². The van der Waals surface area contributed by atoms with E-state index < -0.39 is 24.4 Å². The van der Waals surface area contributed by atoms with Crippen molar-refractivity contribution in [1.82, 2.24) is 10.1 Å². The maximum Gasteiger partial charge on any atom is 0.433 e. The van der Waals surface area contributed by atoms with Crippen LogP contribution in [0.25, 0.3) is 11.3 Å². The number of alkyl halides is 3. The van der Waals surface area contributed by atoms with Crippen LogP contribution in [0.5, 0.6) is 11.6 Å². The summed E-state index contributed by atoms with van der Waals surface area (Å²) in [6.45, 7) is -0.739. The van der Waals surface area contributed by atoms with Crippen molar-refractivity contribution in [2.45, 2.75) is 38.1 Å². The number of pyridine rings is 1. The highest BCUT2D eigenvalue weighted by molar-refractivity contribution is 6.39. The summed E-state index contributed by atoms with van der Waals surface area (Å²) in [5.41, 5.74) is -0.356. The molecule has 0 spiro atoms. The van der Waals surface area contributed by atoms with Crippen LogP contribution in [0.2, 0.25) is 10.0 Å². The van der Waals surface area contributed by atoms with Crippen molar-refractivity contribution >= 4 is 29.2 Å². The normalized spacial score (nSPS) is 13.4. The third-order valence-electron chi connectivity index (χ3n) is 6.05. The van der Waals surface area contributed by atoms with Gasteiger partial charge in [-0.25, -0.2) is 9.78 Å². The molecule has 0 radical (unpaired) electrons. The molecule has 2 aromatic carbocycles. The fourth-order valence-corrected chi connectivity index (χ4v) is 4.61. The molecule has 7 nitrogen and oxygen atoms in total. The molecule has 1 fully saturated rings. The highest BCUT2D eigenvalue weighted by atomic mass is 35.5. The first kappa shape index (κ1) is 26.8. The highest BCUT2D eigenvalue weighted by Gasteiger charge is 2.37. The van der Waals surface area contributed by atoms with Gasteiger partial charge in [0, 0.05) is 23.1 Å². The predicted octanol–water partition coefficient (Wildman–Crippen LogP) is 7.80. The third kappa shape index (κ3) is 5.81. The quantitative estimate of drug-likeness (QED) is 0.216. The van der Waals surface area contributed by atoms with E-state index in [1.807, 2.05) is 0 Å². The number of aromatic carboxylic acids is 1. The number of ether oxygens (including phenoxy) is 2. The van der Waals surface area contributed by atoms with E-state index in [0.29, 0.717) is 32.6 Å². The van der Waals surface area contributed by atoms with Gasteiger partial charge in [0.2, 0.25) is 5.88 Å². The van der Waals surface area contributed by atoms with Crippen molar-refractivity contribution in [3.05, 3.63) is 92.8 Å². The zero-order valence-corrected chi connectivity index (χ0v) is 21.5. The Balaban J connectivity index is 1.41. The van der Waals surface area contributed by atoms with Crippen molar-refractivity contribution in [1.29, 1.82) is 0 Å². The molecule has 0 atom stereocenters. The molecule has 0 bridgehead atoms. The van der Waals surface area contributed by atoms with Gasteiger partial charge in [0.25, 0.3) is 0 Å². The van der Waals surface area contributed by atoms with Crippen LogP contribution in [-0.4, -0.2) is 21.2 Å². The number of carboxylic acids is 1. The van der Waals surface area contributed by atoms with Crippen molar-refractivity contribution < 1.29 is 37.1 Å². The zero-order chi connectivity index (χ0) is 27.7. The number of para-hydroxylation sites is 1. The Morgan fingerprint density at radius 3 is 2.38 bits per heavy atom. The van der Waals surface area contributed by atoms with Gasteiger partial charge in [0.1, 0.15) is 36.0 Å². The molecule has 0 amide bonds. The Hall–Kier alpha value is -3.76. The lowest BCUT2D eigenvalue weighted by Crippen LogP contribution is -2.15. The average Bonchev–Trinajstić information content (AvgIpc) is 3.66. The number of aromatic nitrogens is 2. The lowest BCUT2D eigenvalue weighted by molar-refractivity contribution is -0.142. The first-order valence-electron chi connectivity index (χ1n) is 11.7. The molecule has 5 rings (SSSR count). The van der Waals surface area contributed by atoms with Crippen LogP contribution >= 0.6 is 23.2 Å². The van der Waals surface area contributed by atoms with Gasteiger partial charge in [-0.2, -0.15) is 13.2 Å². The molecule has 2 aromatic heterocycles. The molecular weight excluding hydrogens is 560 g/mol. The second kappa shape index (κ2) is 10.8. The van der Waals surface area contributed by atoms with Gasteiger partial charge < -0.3 is 19.1 Å². The zero-order valence-electron chi connectivity index (χ0n) is 20.0. The summed E-state index contributed by atoms with van der Waals surface area (Å²) >= 11 is 12.7. The minimum atomic E-state index is -4.82. The van der Waals surface area contributed by atoms with Crippen LogP contribution in [0.3, 0.4) is 0 Å². The van der Waals surface area contributed by atoms with Crippen molar-refractivity contribution in [2.24, 2.45) is 0 Å². The number of carboxylic acid groups (broad SMARTS) is 1. The van der Waals surface area contributed by atoms with E-state index in [0.717, 1.165) is 12.8 Å². The number of rotatable bonds is 9. The Morgan fingerprint density at radius 1 is 1.00 bits per heavy atom. The van der Waals surface area contributed by atoms with Gasteiger partial charge >= 0.3 is 12.1 Å². The largest absolute Gasteiger partial charge is 0.488 e. The van der Waals surface area contributed by atoms with Gasteiger partial charge in [-0.1, -0.05) is 46.6 Å². The second-order valence-electron chi connectivity index (χ2n) is 8.78. The first-order chi connectivity index (χ1) is 18.6. The van der Waals surface area contributed by atoms with E-state index in [-0.39, 0.29) is 35.3 Å². The molecule has 202 valence electrons. The second-order valence-corrected chi connectivity index (χ2v) is 9.59. The number of hydrogen-bond donors (Lipinski definition) is 1. The summed E-state index contributed by atoms with van der Waals surface area (Å²) in [7, 11) is 0. The lowest BCUT2D eigenvalue weighted by Gasteiger charge is -2.15. The van der Waals surface area contributed by atoms with Crippen molar-refractivity contribution in [2.75, 3.05) is 0 Å². The Bertz CT molecular complexity index is 1520. The van der Waals surface area contributed by atoms with Gasteiger partial charge in [-0.3, -0.25) is 0 Å². The summed E-state index contributed by atoms with van der Waals surface area (Å²) in [5.74, 6) is -0.919. The molecule has 4 aromatic rings. The van der Waals surface area contributed by atoms with Gasteiger partial charge in [0.15, 0.2) is 5.69 Å². The Morgan fingerprint density at radius 2 is 1.72 bits per heavy atom. The van der Waals surface area contributed by atoms with Crippen LogP contribution in [0.1, 0.15) is 51.7 Å². The van der Waals surface area contributed by atoms with Crippen LogP contribution in [-0.2, 0) is 19.4 Å². The number of hydrogen-bond acceptors (Lipinski definition) is 6. The SMILES string of the molecule is O=C(O)c1ccccc1OCc1ccc(OCc2c(-c3c(Cl)cccc3Cl)noc2C2CC2)nc1C(F)(F)F. The van der Waals surface area contributed by atoms with E-state index in [1.165, 1.54) is 36.4 Å². The molecule has 0 saturated heterocycles. The molecule has 12 heteroatoms. The van der Waals surface area contributed by atoms with E-state index in [1.54, 1.807) is 18.2 Å². The summed E-state index contributed by atoms with van der Waals surface area (Å²) in [4.78, 5) is 15.1. The molecular formula is C27H19Cl2F3N2O5. The van der Waals surface area contributed by atoms with Gasteiger partial charge in [0.05, 0.1) is 15.6 Å². The molecule has 1 aliphatic carbocycles. The minimum absolute atomic E-state index is 0.0655. The Labute approximate surface area is 230 Å². The van der Waals surface area contributed by atoms with Crippen LogP contribution in [0.4, 0.5) is 13.2 Å². The fourth-order valence-electron chi connectivity index (χ4n) is 4.03. The molecule has 39 heavy (non-hydrogen) atoms. The maximum absolute atomic E-state index is 13.9. The fraction of sp³-hybridized carbons (Fsp3) is 0.222. The first-order valence-corrected chi connectivity index (χ1v) is 12.5. The Kier molecular flexibility index (Phi) is 7.42. The van der Waals surface area contributed by atoms with Crippen molar-refractivity contribution in [3.8, 4) is 22.9 Å². The van der Waals surface area contributed by atoms with Crippen LogP contribution in [0, 0.1) is 0 Å². The number of nitrogens with zero attached hydrogens (tertiary/aromatic N) is 2. The summed E-state index contributed by atoms with van der Waals surface area (Å²) in [6, 6.07) is 13.1. The van der Waals surface area contributed by atoms with E-state index in [2.05, 4.69) is 10.1 Å². The topological polar surface area (TPSA) is 94.7 Å². The third-order valence-corrected chi connectivity index (χ3v) is 6.68. The molecule has 2 heterocycles. The smallest absolute Gasteiger partial charge is 0.433 e. The average molecular weight is 579 g/mol. The minimum Gasteiger partial charge on any atom is -0.488 e. The number of benzene rings is 2. The van der Waals surface area contributed by atoms with Gasteiger partial charge in [-0.15, -0.1) is 0 Å². The van der Waals surface area contributed by atoms with Crippen molar-refractivity contribution in [3.63, 3.8) is 0 Å². The van der Waals surface area contributed by atoms with E-state index >= 15 is 0 Å². The standard InChI is InChI=1S/C27H19Cl2F3N2O5/c28-18-5-3-6-19(29)22(18)23-17(24(39-34-23)14-8-9-14)13-38-21-11-10-15(25(33-21)27(30,31)32)12-37-20-7-2-1-4-16(20)26(35)36/h1-7,10-11,14H,8-9,12-13H2,(H,35,36). The van der Waals surface area contributed by atoms with E-state index in [9.17, 15) is 23.1 Å². The lowest BCUT2D eigenvalue weighted by atomic mass is 10.0. The highest BCUT2D eigenvalue weighted by Crippen LogP contribution is 2.46. The van der Waals surface area contributed by atoms with E-state index in [4.69, 9.17) is 37.2 Å².